The lowest BCUT2D eigenvalue weighted by Gasteiger charge is -2.17. The zero-order valence-electron chi connectivity index (χ0n) is 13.6. The molecular weight excluding hydrogens is 331 g/mol. The van der Waals surface area contributed by atoms with Gasteiger partial charge >= 0.3 is 11.9 Å². The molecule has 0 amide bonds. The lowest BCUT2D eigenvalue weighted by Crippen LogP contribution is -2.25. The first kappa shape index (κ1) is 17.0. The number of aromatic nitrogens is 2. The van der Waals surface area contributed by atoms with E-state index >= 15 is 0 Å². The first-order valence-corrected chi connectivity index (χ1v) is 7.73. The Labute approximate surface area is 141 Å². The van der Waals surface area contributed by atoms with Crippen LogP contribution in [0, 0.1) is 0 Å². The molecule has 7 heteroatoms. The third-order valence-electron chi connectivity index (χ3n) is 3.66. The topological polar surface area (TPSA) is 46.9 Å². The fraction of sp³-hybridized carbons (Fsp3) is 0.222. The molecule has 0 fully saturated rings. The van der Waals surface area contributed by atoms with E-state index < -0.39 is 17.4 Å². The molecule has 0 aliphatic rings. The summed E-state index contributed by atoms with van der Waals surface area (Å²) < 4.78 is 40.6. The number of anilines is 1. The summed E-state index contributed by atoms with van der Waals surface area (Å²) in [7, 11) is 0. The van der Waals surface area contributed by atoms with Gasteiger partial charge in [-0.3, -0.25) is 4.57 Å². The van der Waals surface area contributed by atoms with Gasteiger partial charge < -0.3 is 5.32 Å². The number of alkyl halides is 3. The van der Waals surface area contributed by atoms with E-state index in [1.165, 1.54) is 10.6 Å². The van der Waals surface area contributed by atoms with Crippen molar-refractivity contribution in [2.24, 2.45) is 0 Å². The number of fused-ring (bicyclic) bond motifs is 1. The molecule has 1 N–H and O–H groups in total. The van der Waals surface area contributed by atoms with Gasteiger partial charge in [0.25, 0.3) is 0 Å². The zero-order chi connectivity index (χ0) is 18.2. The van der Waals surface area contributed by atoms with Crippen LogP contribution in [0.2, 0.25) is 0 Å². The highest BCUT2D eigenvalue weighted by Gasteiger charge is 2.31. The van der Waals surface area contributed by atoms with Crippen molar-refractivity contribution in [3.63, 3.8) is 0 Å². The summed E-state index contributed by atoms with van der Waals surface area (Å²) in [5.41, 5.74) is -0.837. The highest BCUT2D eigenvalue weighted by molar-refractivity contribution is 5.91. The van der Waals surface area contributed by atoms with Crippen molar-refractivity contribution in [3.05, 3.63) is 64.6 Å². The quantitative estimate of drug-likeness (QED) is 0.771. The molecule has 0 atom stereocenters. The molecule has 0 radical (unpaired) electrons. The average molecular weight is 347 g/mol. The van der Waals surface area contributed by atoms with Gasteiger partial charge in [-0.25, -0.2) is 4.79 Å². The van der Waals surface area contributed by atoms with Gasteiger partial charge in [0.15, 0.2) is 0 Å². The molecule has 0 saturated heterocycles. The fourth-order valence-corrected chi connectivity index (χ4v) is 2.61. The van der Waals surface area contributed by atoms with Crippen molar-refractivity contribution in [2.45, 2.75) is 26.1 Å². The number of halogens is 3. The van der Waals surface area contributed by atoms with E-state index in [2.05, 4.69) is 10.3 Å². The van der Waals surface area contributed by atoms with Gasteiger partial charge in [0.2, 0.25) is 0 Å². The fourth-order valence-electron chi connectivity index (χ4n) is 2.61. The summed E-state index contributed by atoms with van der Waals surface area (Å²) in [5, 5.41) is 3.47. The van der Waals surface area contributed by atoms with Crippen LogP contribution in [0.25, 0.3) is 16.6 Å². The minimum Gasteiger partial charge on any atom is -0.367 e. The van der Waals surface area contributed by atoms with Gasteiger partial charge in [-0.2, -0.15) is 18.2 Å². The Morgan fingerprint density at radius 2 is 1.76 bits per heavy atom. The predicted octanol–water partition coefficient (Wildman–Crippen LogP) is 4.22. The van der Waals surface area contributed by atoms with Crippen molar-refractivity contribution in [1.82, 2.24) is 9.55 Å². The van der Waals surface area contributed by atoms with Crippen LogP contribution < -0.4 is 11.0 Å². The number of rotatable bonds is 3. The van der Waals surface area contributed by atoms with E-state index in [1.54, 1.807) is 30.3 Å². The van der Waals surface area contributed by atoms with Crippen LogP contribution in [0.5, 0.6) is 0 Å². The standard InChI is InChI=1S/C18H16F3N3O/c1-11(2)22-16-14-9-8-12(18(19,20)21)10-15(14)24(17(25)23-16)13-6-4-3-5-7-13/h3-11H,1-2H3,(H,22,23,25). The van der Waals surface area contributed by atoms with Crippen molar-refractivity contribution in [3.8, 4) is 5.69 Å². The number of benzene rings is 2. The maximum Gasteiger partial charge on any atom is 0.416 e. The number of nitrogens with zero attached hydrogens (tertiary/aromatic N) is 2. The number of hydrogen-bond acceptors (Lipinski definition) is 3. The largest absolute Gasteiger partial charge is 0.416 e. The van der Waals surface area contributed by atoms with Crippen LogP contribution in [0.1, 0.15) is 19.4 Å². The van der Waals surface area contributed by atoms with Gasteiger partial charge in [0, 0.05) is 11.4 Å². The van der Waals surface area contributed by atoms with Crippen LogP contribution in [-0.2, 0) is 6.18 Å². The Balaban J connectivity index is 2.38. The van der Waals surface area contributed by atoms with Crippen molar-refractivity contribution in [2.75, 3.05) is 5.32 Å². The maximum atomic E-state index is 13.1. The molecule has 1 heterocycles. The second-order valence-electron chi connectivity index (χ2n) is 5.94. The monoisotopic (exact) mass is 347 g/mol. The first-order chi connectivity index (χ1) is 11.8. The van der Waals surface area contributed by atoms with E-state index in [4.69, 9.17) is 0 Å². The summed E-state index contributed by atoms with van der Waals surface area (Å²) in [6.07, 6.45) is -4.50. The van der Waals surface area contributed by atoms with E-state index in [-0.39, 0.29) is 17.4 Å². The van der Waals surface area contributed by atoms with Gasteiger partial charge in [-0.1, -0.05) is 18.2 Å². The maximum absolute atomic E-state index is 13.1. The van der Waals surface area contributed by atoms with Crippen LogP contribution in [0.3, 0.4) is 0 Å². The first-order valence-electron chi connectivity index (χ1n) is 7.73. The molecule has 0 bridgehead atoms. The molecule has 0 saturated carbocycles. The predicted molar refractivity (Wildman–Crippen MR) is 91.1 cm³/mol. The molecule has 25 heavy (non-hydrogen) atoms. The highest BCUT2D eigenvalue weighted by atomic mass is 19.4. The van der Waals surface area contributed by atoms with E-state index in [0.717, 1.165) is 12.1 Å². The second-order valence-corrected chi connectivity index (χ2v) is 5.94. The Morgan fingerprint density at radius 3 is 2.36 bits per heavy atom. The van der Waals surface area contributed by atoms with Crippen LogP contribution >= 0.6 is 0 Å². The molecular formula is C18H16F3N3O. The van der Waals surface area contributed by atoms with Gasteiger partial charge in [0.05, 0.1) is 16.8 Å². The third-order valence-corrected chi connectivity index (χ3v) is 3.66. The minimum absolute atomic E-state index is 0.0232. The molecule has 4 nitrogen and oxygen atoms in total. The average Bonchev–Trinajstić information content (AvgIpc) is 2.54. The van der Waals surface area contributed by atoms with Crippen LogP contribution in [-0.4, -0.2) is 15.6 Å². The molecule has 1 aromatic heterocycles. The molecule has 0 spiro atoms. The van der Waals surface area contributed by atoms with Crippen LogP contribution in [0.4, 0.5) is 19.0 Å². The summed E-state index contributed by atoms with van der Waals surface area (Å²) in [6.45, 7) is 3.72. The summed E-state index contributed by atoms with van der Waals surface area (Å²) in [6, 6.07) is 11.8. The SMILES string of the molecule is CC(C)Nc1nc(=O)n(-c2ccccc2)c2cc(C(F)(F)F)ccc12. The van der Waals surface area contributed by atoms with Crippen molar-refractivity contribution in [1.29, 1.82) is 0 Å². The normalized spacial score (nSPS) is 11.9. The minimum atomic E-state index is -4.50. The zero-order valence-corrected chi connectivity index (χ0v) is 13.6. The highest BCUT2D eigenvalue weighted by Crippen LogP contribution is 2.33. The Morgan fingerprint density at radius 1 is 1.08 bits per heavy atom. The van der Waals surface area contributed by atoms with E-state index in [9.17, 15) is 18.0 Å². The molecule has 0 aliphatic carbocycles. The van der Waals surface area contributed by atoms with E-state index in [0.29, 0.717) is 11.1 Å². The molecule has 0 aliphatic heterocycles. The van der Waals surface area contributed by atoms with Gasteiger partial charge in [0.1, 0.15) is 5.82 Å². The lowest BCUT2D eigenvalue weighted by atomic mass is 10.1. The van der Waals surface area contributed by atoms with Crippen LogP contribution in [0.15, 0.2) is 53.3 Å². The van der Waals surface area contributed by atoms with Gasteiger partial charge in [-0.15, -0.1) is 0 Å². The van der Waals surface area contributed by atoms with Gasteiger partial charge in [-0.05, 0) is 44.2 Å². The lowest BCUT2D eigenvalue weighted by molar-refractivity contribution is -0.137. The number of nitrogens with one attached hydrogen (secondary N) is 1. The van der Waals surface area contributed by atoms with Crippen molar-refractivity contribution >= 4 is 16.7 Å². The van der Waals surface area contributed by atoms with Crippen molar-refractivity contribution < 1.29 is 13.2 Å². The number of hydrogen-bond donors (Lipinski definition) is 1. The molecule has 0 unspecified atom stereocenters. The summed E-state index contributed by atoms with van der Waals surface area (Å²) >= 11 is 0. The molecule has 2 aromatic carbocycles. The Hall–Kier alpha value is -2.83. The Kier molecular flexibility index (Phi) is 4.24. The smallest absolute Gasteiger partial charge is 0.367 e. The third kappa shape index (κ3) is 3.35. The second kappa shape index (κ2) is 6.23. The molecule has 3 rings (SSSR count). The summed E-state index contributed by atoms with van der Waals surface area (Å²) in [5.74, 6) is 0.274. The Bertz CT molecular complexity index is 963. The summed E-state index contributed by atoms with van der Waals surface area (Å²) in [4.78, 5) is 16.6. The number of para-hydroxylation sites is 1. The molecule has 130 valence electrons. The van der Waals surface area contributed by atoms with E-state index in [1.807, 2.05) is 13.8 Å². The molecule has 3 aromatic rings.